The van der Waals surface area contributed by atoms with Gasteiger partial charge in [-0.05, 0) is 12.2 Å². The van der Waals surface area contributed by atoms with E-state index in [1.54, 1.807) is 0 Å². The SMILES string of the molecule is CCCCCCCCCCSCn1ccnc1. The van der Waals surface area contributed by atoms with Gasteiger partial charge in [0.25, 0.3) is 0 Å². The number of aromatic nitrogens is 2. The monoisotopic (exact) mass is 254 g/mol. The fourth-order valence-electron chi connectivity index (χ4n) is 1.87. The van der Waals surface area contributed by atoms with Crippen LogP contribution in [0.25, 0.3) is 0 Å². The second-order valence-electron chi connectivity index (χ2n) is 4.59. The molecule has 1 aromatic heterocycles. The number of imidazole rings is 1. The predicted molar refractivity (Wildman–Crippen MR) is 77.3 cm³/mol. The molecule has 0 aliphatic heterocycles. The van der Waals surface area contributed by atoms with Gasteiger partial charge in [0.1, 0.15) is 0 Å². The first-order valence-corrected chi connectivity index (χ1v) is 8.12. The Bertz CT molecular complexity index is 247. The van der Waals surface area contributed by atoms with Gasteiger partial charge in [-0.2, -0.15) is 0 Å². The number of hydrogen-bond acceptors (Lipinski definition) is 2. The number of hydrogen-bond donors (Lipinski definition) is 0. The average Bonchev–Trinajstić information content (AvgIpc) is 2.85. The summed E-state index contributed by atoms with van der Waals surface area (Å²) in [5.74, 6) is 2.34. The third-order valence-corrected chi connectivity index (χ3v) is 4.00. The van der Waals surface area contributed by atoms with E-state index >= 15 is 0 Å². The molecule has 1 rings (SSSR count). The van der Waals surface area contributed by atoms with Crippen LogP contribution < -0.4 is 0 Å². The molecule has 0 unspecified atom stereocenters. The van der Waals surface area contributed by atoms with Crippen LogP contribution in [0.15, 0.2) is 18.7 Å². The summed E-state index contributed by atoms with van der Waals surface area (Å²) in [4.78, 5) is 4.04. The number of thioether (sulfide) groups is 1. The molecule has 17 heavy (non-hydrogen) atoms. The van der Waals surface area contributed by atoms with Crippen molar-refractivity contribution >= 4 is 11.8 Å². The van der Waals surface area contributed by atoms with Crippen molar-refractivity contribution in [2.75, 3.05) is 5.75 Å². The lowest BCUT2D eigenvalue weighted by molar-refractivity contribution is 0.586. The number of unbranched alkanes of at least 4 members (excludes halogenated alkanes) is 7. The lowest BCUT2D eigenvalue weighted by Crippen LogP contribution is -1.91. The van der Waals surface area contributed by atoms with Gasteiger partial charge in [0, 0.05) is 12.4 Å². The van der Waals surface area contributed by atoms with Crippen LogP contribution in [0.4, 0.5) is 0 Å². The van der Waals surface area contributed by atoms with Gasteiger partial charge >= 0.3 is 0 Å². The second kappa shape index (κ2) is 10.7. The smallest absolute Gasteiger partial charge is 0.0953 e. The first-order valence-electron chi connectivity index (χ1n) is 6.97. The largest absolute Gasteiger partial charge is 0.328 e. The first kappa shape index (κ1) is 14.6. The molecule has 0 fully saturated rings. The normalized spacial score (nSPS) is 10.9. The zero-order valence-electron chi connectivity index (χ0n) is 11.1. The summed E-state index contributed by atoms with van der Waals surface area (Å²) < 4.78 is 2.13. The fraction of sp³-hybridized carbons (Fsp3) is 0.786. The van der Waals surface area contributed by atoms with E-state index in [1.165, 1.54) is 57.1 Å². The van der Waals surface area contributed by atoms with Crippen molar-refractivity contribution in [3.63, 3.8) is 0 Å². The minimum Gasteiger partial charge on any atom is -0.328 e. The van der Waals surface area contributed by atoms with E-state index in [9.17, 15) is 0 Å². The minimum absolute atomic E-state index is 1.05. The van der Waals surface area contributed by atoms with Crippen LogP contribution >= 0.6 is 11.8 Å². The summed E-state index contributed by atoms with van der Waals surface area (Å²) >= 11 is 2.01. The molecule has 0 aromatic carbocycles. The van der Waals surface area contributed by atoms with E-state index in [2.05, 4.69) is 16.5 Å². The topological polar surface area (TPSA) is 17.8 Å². The van der Waals surface area contributed by atoms with Crippen LogP contribution in [0, 0.1) is 0 Å². The minimum atomic E-state index is 1.05. The zero-order valence-corrected chi connectivity index (χ0v) is 11.9. The lowest BCUT2D eigenvalue weighted by atomic mass is 10.1. The van der Waals surface area contributed by atoms with Crippen molar-refractivity contribution in [1.29, 1.82) is 0 Å². The second-order valence-corrected chi connectivity index (χ2v) is 5.66. The highest BCUT2D eigenvalue weighted by molar-refractivity contribution is 7.98. The van der Waals surface area contributed by atoms with Gasteiger partial charge in [0.15, 0.2) is 0 Å². The third kappa shape index (κ3) is 8.31. The molecule has 0 saturated carbocycles. The third-order valence-electron chi connectivity index (χ3n) is 2.94. The van der Waals surface area contributed by atoms with Crippen molar-refractivity contribution in [2.24, 2.45) is 0 Å². The van der Waals surface area contributed by atoms with Gasteiger partial charge in [-0.25, -0.2) is 4.98 Å². The van der Waals surface area contributed by atoms with E-state index in [-0.39, 0.29) is 0 Å². The molecule has 0 amide bonds. The molecule has 0 aliphatic carbocycles. The number of nitrogens with zero attached hydrogens (tertiary/aromatic N) is 2. The summed E-state index contributed by atoms with van der Waals surface area (Å²) in [5.41, 5.74) is 0. The van der Waals surface area contributed by atoms with E-state index in [0.717, 1.165) is 5.88 Å². The van der Waals surface area contributed by atoms with Gasteiger partial charge in [-0.15, -0.1) is 11.8 Å². The Morgan fingerprint density at radius 2 is 1.71 bits per heavy atom. The molecule has 0 saturated heterocycles. The van der Waals surface area contributed by atoms with Crippen LogP contribution in [0.3, 0.4) is 0 Å². The van der Waals surface area contributed by atoms with Crippen molar-refractivity contribution < 1.29 is 0 Å². The molecular weight excluding hydrogens is 228 g/mol. The van der Waals surface area contributed by atoms with Crippen LogP contribution in [0.1, 0.15) is 58.3 Å². The highest BCUT2D eigenvalue weighted by Gasteiger charge is 1.93. The van der Waals surface area contributed by atoms with Crippen LogP contribution in [-0.4, -0.2) is 15.3 Å². The van der Waals surface area contributed by atoms with Crippen LogP contribution in [-0.2, 0) is 5.88 Å². The van der Waals surface area contributed by atoms with Crippen LogP contribution in [0.2, 0.25) is 0 Å². The van der Waals surface area contributed by atoms with E-state index in [0.29, 0.717) is 0 Å². The molecule has 1 heterocycles. The number of rotatable bonds is 11. The molecule has 3 heteroatoms. The molecule has 98 valence electrons. The molecular formula is C14H26N2S. The Kier molecular flexibility index (Phi) is 9.20. The summed E-state index contributed by atoms with van der Waals surface area (Å²) in [5, 5.41) is 0. The molecule has 2 nitrogen and oxygen atoms in total. The maximum Gasteiger partial charge on any atom is 0.0953 e. The summed E-state index contributed by atoms with van der Waals surface area (Å²) in [7, 11) is 0. The average molecular weight is 254 g/mol. The molecule has 1 aromatic rings. The molecule has 0 bridgehead atoms. The maximum atomic E-state index is 4.04. The van der Waals surface area contributed by atoms with Crippen molar-refractivity contribution in [2.45, 2.75) is 64.2 Å². The summed E-state index contributed by atoms with van der Waals surface area (Å²) in [6, 6.07) is 0. The molecule has 0 N–H and O–H groups in total. The molecule has 0 atom stereocenters. The highest BCUT2D eigenvalue weighted by atomic mass is 32.2. The van der Waals surface area contributed by atoms with Crippen LogP contribution in [0.5, 0.6) is 0 Å². The quantitative estimate of drug-likeness (QED) is 0.532. The van der Waals surface area contributed by atoms with Gasteiger partial charge in [0.05, 0.1) is 12.2 Å². The molecule has 0 spiro atoms. The van der Waals surface area contributed by atoms with Crippen molar-refractivity contribution in [3.05, 3.63) is 18.7 Å². The van der Waals surface area contributed by atoms with E-state index in [1.807, 2.05) is 30.5 Å². The van der Waals surface area contributed by atoms with Crippen molar-refractivity contribution in [1.82, 2.24) is 9.55 Å². The van der Waals surface area contributed by atoms with E-state index < -0.39 is 0 Å². The predicted octanol–water partition coefficient (Wildman–Crippen LogP) is 4.71. The Morgan fingerprint density at radius 1 is 1.00 bits per heavy atom. The summed E-state index contributed by atoms with van der Waals surface area (Å²) in [6.07, 6.45) is 17.0. The van der Waals surface area contributed by atoms with Gasteiger partial charge in [-0.1, -0.05) is 51.9 Å². The Labute approximate surface area is 110 Å². The molecule has 0 aliphatic rings. The van der Waals surface area contributed by atoms with Crippen molar-refractivity contribution in [3.8, 4) is 0 Å². The fourth-order valence-corrected chi connectivity index (χ4v) is 2.77. The Morgan fingerprint density at radius 3 is 2.35 bits per heavy atom. The lowest BCUT2D eigenvalue weighted by Gasteiger charge is -2.03. The Hall–Kier alpha value is -0.440. The Balaban J connectivity index is 1.76. The first-order chi connectivity index (χ1) is 8.43. The van der Waals surface area contributed by atoms with E-state index in [4.69, 9.17) is 0 Å². The summed E-state index contributed by atoms with van der Waals surface area (Å²) in [6.45, 7) is 2.28. The standard InChI is InChI=1S/C14H26N2S/c1-2-3-4-5-6-7-8-9-12-17-14-16-11-10-15-13-16/h10-11,13H,2-9,12,14H2,1H3. The maximum absolute atomic E-state index is 4.04. The molecule has 0 radical (unpaired) electrons. The van der Waals surface area contributed by atoms with Gasteiger partial charge in [0.2, 0.25) is 0 Å². The van der Waals surface area contributed by atoms with Gasteiger partial charge in [-0.3, -0.25) is 0 Å². The van der Waals surface area contributed by atoms with Gasteiger partial charge < -0.3 is 4.57 Å². The zero-order chi connectivity index (χ0) is 12.2. The highest BCUT2D eigenvalue weighted by Crippen LogP contribution is 2.12.